The van der Waals surface area contributed by atoms with Gasteiger partial charge in [0.25, 0.3) is 0 Å². The molecule has 0 saturated heterocycles. The Kier molecular flexibility index (Phi) is 9.45. The first-order valence-electron chi connectivity index (χ1n) is 10.2. The van der Waals surface area contributed by atoms with E-state index in [9.17, 15) is 14.4 Å². The summed E-state index contributed by atoms with van der Waals surface area (Å²) in [6.45, 7) is 7.81. The van der Waals surface area contributed by atoms with Gasteiger partial charge in [-0.25, -0.2) is 14.6 Å². The van der Waals surface area contributed by atoms with E-state index in [4.69, 9.17) is 9.47 Å². The first-order chi connectivity index (χ1) is 14.8. The highest BCUT2D eigenvalue weighted by molar-refractivity contribution is 7.09. The van der Waals surface area contributed by atoms with E-state index >= 15 is 0 Å². The molecule has 0 aliphatic heterocycles. The largest absolute Gasteiger partial charge is 0.461 e. The molecule has 2 N–H and O–H groups in total. The lowest BCUT2D eigenvalue weighted by molar-refractivity contribution is -0.124. The summed E-state index contributed by atoms with van der Waals surface area (Å²) in [5, 5.41) is 7.68. The lowest BCUT2D eigenvalue weighted by Crippen LogP contribution is -2.48. The minimum atomic E-state index is -0.754. The van der Waals surface area contributed by atoms with Gasteiger partial charge in [-0.1, -0.05) is 44.2 Å². The van der Waals surface area contributed by atoms with Gasteiger partial charge in [0.05, 0.1) is 12.6 Å². The molecule has 8 nitrogen and oxygen atoms in total. The number of benzene rings is 1. The van der Waals surface area contributed by atoms with Crippen LogP contribution in [0.25, 0.3) is 0 Å². The number of nitrogens with one attached hydrogen (secondary N) is 2. The molecule has 2 amide bonds. The topological polar surface area (TPSA) is 107 Å². The molecule has 31 heavy (non-hydrogen) atoms. The molecule has 0 spiro atoms. The Morgan fingerprint density at radius 3 is 2.42 bits per heavy atom. The Hall–Kier alpha value is -2.94. The van der Waals surface area contributed by atoms with E-state index in [-0.39, 0.29) is 30.7 Å². The summed E-state index contributed by atoms with van der Waals surface area (Å²) in [4.78, 5) is 41.1. The summed E-state index contributed by atoms with van der Waals surface area (Å²) >= 11 is 1.26. The number of aromatic nitrogens is 1. The quantitative estimate of drug-likeness (QED) is 0.536. The highest BCUT2D eigenvalue weighted by atomic mass is 32.1. The van der Waals surface area contributed by atoms with Crippen molar-refractivity contribution in [2.75, 3.05) is 6.61 Å². The lowest BCUT2D eigenvalue weighted by atomic mass is 10.0. The summed E-state index contributed by atoms with van der Waals surface area (Å²) in [5.41, 5.74) is 1.07. The number of thiazole rings is 1. The standard InChI is InChI=1S/C22H29N3O5S/c1-5-29-21(27)18-13-31-20(24-18)15(4)23-19(26)17(11-14(2)3)25-22(28)30-12-16-9-7-6-8-10-16/h6-10,13-15,17H,5,11-12H2,1-4H3,(H,23,26)(H,25,28)/t15-,17-/m1/s1. The van der Waals surface area contributed by atoms with Crippen LogP contribution >= 0.6 is 11.3 Å². The molecular weight excluding hydrogens is 418 g/mol. The molecule has 2 atom stereocenters. The minimum absolute atomic E-state index is 0.120. The normalized spacial score (nSPS) is 12.7. The van der Waals surface area contributed by atoms with E-state index in [1.165, 1.54) is 11.3 Å². The van der Waals surface area contributed by atoms with Crippen LogP contribution in [-0.2, 0) is 20.9 Å². The summed E-state index contributed by atoms with van der Waals surface area (Å²) in [5.74, 6) is -0.662. The van der Waals surface area contributed by atoms with Crippen molar-refractivity contribution in [1.29, 1.82) is 0 Å². The van der Waals surface area contributed by atoms with Gasteiger partial charge in [-0.05, 0) is 31.7 Å². The second kappa shape index (κ2) is 12.0. The van der Waals surface area contributed by atoms with E-state index < -0.39 is 24.1 Å². The number of hydrogen-bond acceptors (Lipinski definition) is 7. The maximum Gasteiger partial charge on any atom is 0.408 e. The number of carbonyl (C=O) groups excluding carboxylic acids is 3. The Bertz CT molecular complexity index is 869. The van der Waals surface area contributed by atoms with E-state index in [1.807, 2.05) is 44.2 Å². The van der Waals surface area contributed by atoms with Gasteiger partial charge in [-0.15, -0.1) is 11.3 Å². The van der Waals surface area contributed by atoms with Gasteiger partial charge >= 0.3 is 12.1 Å². The molecule has 0 aliphatic carbocycles. The number of carbonyl (C=O) groups is 3. The Balaban J connectivity index is 1.95. The zero-order chi connectivity index (χ0) is 22.8. The third-order valence-electron chi connectivity index (χ3n) is 4.26. The second-order valence-corrected chi connectivity index (χ2v) is 8.30. The molecule has 168 valence electrons. The average molecular weight is 448 g/mol. The summed E-state index contributed by atoms with van der Waals surface area (Å²) in [6, 6.07) is 8.12. The van der Waals surface area contributed by atoms with Crippen molar-refractivity contribution in [3.63, 3.8) is 0 Å². The van der Waals surface area contributed by atoms with Crippen molar-refractivity contribution in [1.82, 2.24) is 15.6 Å². The molecular formula is C22H29N3O5S. The van der Waals surface area contributed by atoms with E-state index in [0.717, 1.165) is 5.56 Å². The molecule has 1 heterocycles. The zero-order valence-corrected chi connectivity index (χ0v) is 19.0. The Labute approximate surface area is 186 Å². The summed E-state index contributed by atoms with van der Waals surface area (Å²) in [6.07, 6.45) is -0.207. The van der Waals surface area contributed by atoms with Crippen LogP contribution in [0.5, 0.6) is 0 Å². The van der Waals surface area contributed by atoms with Gasteiger partial charge in [-0.3, -0.25) is 4.79 Å². The highest BCUT2D eigenvalue weighted by Gasteiger charge is 2.25. The van der Waals surface area contributed by atoms with Gasteiger partial charge in [0, 0.05) is 5.38 Å². The third-order valence-corrected chi connectivity index (χ3v) is 5.29. The summed E-state index contributed by atoms with van der Waals surface area (Å²) < 4.78 is 10.2. The van der Waals surface area contributed by atoms with Crippen molar-refractivity contribution < 1.29 is 23.9 Å². The minimum Gasteiger partial charge on any atom is -0.461 e. The Morgan fingerprint density at radius 1 is 1.06 bits per heavy atom. The van der Waals surface area contributed by atoms with Gasteiger partial charge in [0.2, 0.25) is 5.91 Å². The molecule has 1 aromatic carbocycles. The number of rotatable bonds is 10. The van der Waals surface area contributed by atoms with Crippen LogP contribution in [-0.4, -0.2) is 35.6 Å². The molecule has 0 saturated carbocycles. The number of amides is 2. The van der Waals surface area contributed by atoms with Gasteiger partial charge in [-0.2, -0.15) is 0 Å². The van der Waals surface area contributed by atoms with Crippen LogP contribution in [0.2, 0.25) is 0 Å². The summed E-state index contributed by atoms with van der Waals surface area (Å²) in [7, 11) is 0. The SMILES string of the molecule is CCOC(=O)c1csc([C@@H](C)NC(=O)[C@@H](CC(C)C)NC(=O)OCc2ccccc2)n1. The fourth-order valence-electron chi connectivity index (χ4n) is 2.77. The van der Waals surface area contributed by atoms with Crippen LogP contribution in [0.3, 0.4) is 0 Å². The fourth-order valence-corrected chi connectivity index (χ4v) is 3.57. The van der Waals surface area contributed by atoms with E-state index in [0.29, 0.717) is 11.4 Å². The van der Waals surface area contributed by atoms with Gasteiger partial charge in [0.15, 0.2) is 5.69 Å². The van der Waals surface area contributed by atoms with Crippen LogP contribution in [0.15, 0.2) is 35.7 Å². The number of alkyl carbamates (subject to hydrolysis) is 1. The third kappa shape index (κ3) is 8.01. The maximum atomic E-state index is 12.8. The number of nitrogens with zero attached hydrogens (tertiary/aromatic N) is 1. The molecule has 2 rings (SSSR count). The van der Waals surface area contributed by atoms with Crippen molar-refractivity contribution in [2.45, 2.75) is 52.8 Å². The molecule has 0 unspecified atom stereocenters. The Morgan fingerprint density at radius 2 is 1.77 bits per heavy atom. The molecule has 0 bridgehead atoms. The van der Waals surface area contributed by atoms with Crippen LogP contribution in [0, 0.1) is 5.92 Å². The maximum absolute atomic E-state index is 12.8. The first-order valence-corrected chi connectivity index (χ1v) is 11.1. The zero-order valence-electron chi connectivity index (χ0n) is 18.2. The lowest BCUT2D eigenvalue weighted by Gasteiger charge is -2.22. The van der Waals surface area contributed by atoms with Crippen molar-refractivity contribution in [2.24, 2.45) is 5.92 Å². The molecule has 1 aromatic heterocycles. The van der Waals surface area contributed by atoms with Crippen LogP contribution in [0.4, 0.5) is 4.79 Å². The number of ether oxygens (including phenoxy) is 2. The molecule has 0 aliphatic rings. The van der Waals surface area contributed by atoms with Crippen molar-refractivity contribution >= 4 is 29.3 Å². The predicted octanol–water partition coefficient (Wildman–Crippen LogP) is 3.84. The van der Waals surface area contributed by atoms with E-state index in [2.05, 4.69) is 15.6 Å². The number of hydrogen-bond donors (Lipinski definition) is 2. The van der Waals surface area contributed by atoms with E-state index in [1.54, 1.807) is 19.2 Å². The second-order valence-electron chi connectivity index (χ2n) is 7.41. The van der Waals surface area contributed by atoms with Gasteiger partial charge < -0.3 is 20.1 Å². The molecule has 0 radical (unpaired) electrons. The molecule has 0 fully saturated rings. The van der Waals surface area contributed by atoms with Gasteiger partial charge in [0.1, 0.15) is 17.7 Å². The highest BCUT2D eigenvalue weighted by Crippen LogP contribution is 2.19. The predicted molar refractivity (Wildman–Crippen MR) is 118 cm³/mol. The average Bonchev–Trinajstić information content (AvgIpc) is 3.23. The number of esters is 1. The van der Waals surface area contributed by atoms with Crippen molar-refractivity contribution in [3.8, 4) is 0 Å². The molecule has 2 aromatic rings. The monoisotopic (exact) mass is 447 g/mol. The van der Waals surface area contributed by atoms with Crippen molar-refractivity contribution in [3.05, 3.63) is 52.0 Å². The van der Waals surface area contributed by atoms with Crippen LogP contribution in [0.1, 0.15) is 61.2 Å². The first kappa shape index (κ1) is 24.3. The van der Waals surface area contributed by atoms with Crippen LogP contribution < -0.4 is 10.6 Å². The smallest absolute Gasteiger partial charge is 0.408 e. The molecule has 9 heteroatoms. The fraction of sp³-hybridized carbons (Fsp3) is 0.455.